The van der Waals surface area contributed by atoms with Crippen molar-refractivity contribution < 1.29 is 9.90 Å². The molecule has 0 spiro atoms. The van der Waals surface area contributed by atoms with Gasteiger partial charge in [0.1, 0.15) is 5.75 Å². The molecule has 1 heterocycles. The summed E-state index contributed by atoms with van der Waals surface area (Å²) in [6, 6.07) is 10.5. The van der Waals surface area contributed by atoms with E-state index in [-0.39, 0.29) is 11.5 Å². The molecule has 0 fully saturated rings. The van der Waals surface area contributed by atoms with Gasteiger partial charge in [-0.1, -0.05) is 24.3 Å². The van der Waals surface area contributed by atoms with E-state index in [0.717, 1.165) is 11.3 Å². The zero-order chi connectivity index (χ0) is 11.5. The molecule has 0 radical (unpaired) electrons. The van der Waals surface area contributed by atoms with Crippen LogP contribution in [0.3, 0.4) is 0 Å². The third-order valence-electron chi connectivity index (χ3n) is 2.34. The molecule has 2 rings (SSSR count). The van der Waals surface area contributed by atoms with Gasteiger partial charge in [0.05, 0.1) is 11.9 Å². The van der Waals surface area contributed by atoms with Gasteiger partial charge in [-0.05, 0) is 19.1 Å². The molecule has 3 nitrogen and oxygen atoms in total. The van der Waals surface area contributed by atoms with Crippen LogP contribution in [0.1, 0.15) is 17.3 Å². The summed E-state index contributed by atoms with van der Waals surface area (Å²) in [7, 11) is 0. The first-order chi connectivity index (χ1) is 7.66. The van der Waals surface area contributed by atoms with Gasteiger partial charge in [-0.2, -0.15) is 0 Å². The number of benzene rings is 1. The molecule has 0 aliphatic rings. The quantitative estimate of drug-likeness (QED) is 0.780. The topological polar surface area (TPSA) is 50.2 Å². The van der Waals surface area contributed by atoms with E-state index in [2.05, 4.69) is 4.98 Å². The van der Waals surface area contributed by atoms with E-state index in [9.17, 15) is 4.79 Å². The van der Waals surface area contributed by atoms with Crippen LogP contribution < -0.4 is 0 Å². The summed E-state index contributed by atoms with van der Waals surface area (Å²) in [6.07, 6.45) is 1.40. The Labute approximate surface area is 93.4 Å². The summed E-state index contributed by atoms with van der Waals surface area (Å²) < 4.78 is 0. The Hall–Kier alpha value is -2.16. The first-order valence-corrected chi connectivity index (χ1v) is 4.93. The van der Waals surface area contributed by atoms with Gasteiger partial charge in [0.25, 0.3) is 0 Å². The summed E-state index contributed by atoms with van der Waals surface area (Å²) in [5.74, 6) is 0.189. The van der Waals surface area contributed by atoms with Crippen molar-refractivity contribution in [2.75, 3.05) is 0 Å². The molecule has 2 aromatic rings. The summed E-state index contributed by atoms with van der Waals surface area (Å²) in [5, 5.41) is 9.11. The molecule has 0 atom stereocenters. The predicted molar refractivity (Wildman–Crippen MR) is 61.3 cm³/mol. The monoisotopic (exact) mass is 213 g/mol. The SMILES string of the molecule is CC(=O)c1ccc(-c2ccc(O)cn2)cc1. The minimum absolute atomic E-state index is 0.0465. The predicted octanol–water partition coefficient (Wildman–Crippen LogP) is 2.66. The Kier molecular flexibility index (Phi) is 2.68. The molecule has 0 unspecified atom stereocenters. The van der Waals surface area contributed by atoms with Crippen LogP contribution in [0.4, 0.5) is 0 Å². The lowest BCUT2D eigenvalue weighted by molar-refractivity contribution is 0.101. The van der Waals surface area contributed by atoms with Gasteiger partial charge in [0, 0.05) is 11.1 Å². The van der Waals surface area contributed by atoms with Crippen molar-refractivity contribution in [1.29, 1.82) is 0 Å². The number of nitrogens with zero attached hydrogens (tertiary/aromatic N) is 1. The average molecular weight is 213 g/mol. The number of aromatic hydroxyl groups is 1. The standard InChI is InChI=1S/C13H11NO2/c1-9(15)10-2-4-11(5-3-10)13-7-6-12(16)8-14-13/h2-8,16H,1H3. The van der Waals surface area contributed by atoms with Crippen molar-refractivity contribution in [3.8, 4) is 17.0 Å². The van der Waals surface area contributed by atoms with Gasteiger partial charge >= 0.3 is 0 Å². The molecular formula is C13H11NO2. The van der Waals surface area contributed by atoms with Crippen LogP contribution in [-0.4, -0.2) is 15.9 Å². The largest absolute Gasteiger partial charge is 0.506 e. The average Bonchev–Trinajstić information content (AvgIpc) is 2.30. The molecule has 0 amide bonds. The molecule has 1 aromatic heterocycles. The molecule has 0 saturated heterocycles. The van der Waals surface area contributed by atoms with E-state index in [1.165, 1.54) is 13.1 Å². The fourth-order valence-corrected chi connectivity index (χ4v) is 1.43. The summed E-state index contributed by atoms with van der Waals surface area (Å²) in [6.45, 7) is 1.54. The third-order valence-corrected chi connectivity index (χ3v) is 2.34. The molecule has 1 aromatic carbocycles. The number of hydrogen-bond donors (Lipinski definition) is 1. The second-order valence-corrected chi connectivity index (χ2v) is 3.54. The van der Waals surface area contributed by atoms with Crippen LogP contribution in [0, 0.1) is 0 Å². The molecule has 80 valence electrons. The van der Waals surface area contributed by atoms with Crippen LogP contribution in [0.15, 0.2) is 42.6 Å². The van der Waals surface area contributed by atoms with Crippen LogP contribution in [0.5, 0.6) is 5.75 Å². The van der Waals surface area contributed by atoms with Crippen molar-refractivity contribution in [3.05, 3.63) is 48.2 Å². The van der Waals surface area contributed by atoms with E-state index in [4.69, 9.17) is 5.11 Å². The number of carbonyl (C=O) groups is 1. The molecule has 0 bridgehead atoms. The minimum Gasteiger partial charge on any atom is -0.506 e. The van der Waals surface area contributed by atoms with Crippen molar-refractivity contribution in [2.45, 2.75) is 6.92 Å². The van der Waals surface area contributed by atoms with E-state index in [0.29, 0.717) is 5.56 Å². The molecule has 0 aliphatic heterocycles. The highest BCUT2D eigenvalue weighted by atomic mass is 16.3. The van der Waals surface area contributed by atoms with E-state index in [1.807, 2.05) is 12.1 Å². The maximum atomic E-state index is 11.1. The fourth-order valence-electron chi connectivity index (χ4n) is 1.43. The second-order valence-electron chi connectivity index (χ2n) is 3.54. The van der Waals surface area contributed by atoms with Gasteiger partial charge in [0.2, 0.25) is 0 Å². The normalized spacial score (nSPS) is 10.1. The maximum Gasteiger partial charge on any atom is 0.159 e. The minimum atomic E-state index is 0.0465. The number of pyridine rings is 1. The molecule has 0 aliphatic carbocycles. The highest BCUT2D eigenvalue weighted by Gasteiger charge is 2.01. The van der Waals surface area contributed by atoms with Gasteiger partial charge in [0.15, 0.2) is 5.78 Å². The zero-order valence-corrected chi connectivity index (χ0v) is 8.84. The van der Waals surface area contributed by atoms with Crippen LogP contribution >= 0.6 is 0 Å². The van der Waals surface area contributed by atoms with Gasteiger partial charge in [-0.25, -0.2) is 0 Å². The Morgan fingerprint density at radius 3 is 2.31 bits per heavy atom. The number of ketones is 1. The third kappa shape index (κ3) is 2.08. The number of Topliss-reactive ketones (excluding diaryl/α,β-unsaturated/α-hetero) is 1. The van der Waals surface area contributed by atoms with E-state index >= 15 is 0 Å². The highest BCUT2D eigenvalue weighted by molar-refractivity contribution is 5.94. The second kappa shape index (κ2) is 4.14. The van der Waals surface area contributed by atoms with Crippen molar-refractivity contribution in [3.63, 3.8) is 0 Å². The number of aromatic nitrogens is 1. The lowest BCUT2D eigenvalue weighted by Gasteiger charge is -2.01. The first-order valence-electron chi connectivity index (χ1n) is 4.93. The van der Waals surface area contributed by atoms with Crippen molar-refractivity contribution >= 4 is 5.78 Å². The maximum absolute atomic E-state index is 11.1. The number of hydrogen-bond acceptors (Lipinski definition) is 3. The molecule has 3 heteroatoms. The summed E-state index contributed by atoms with van der Waals surface area (Å²) >= 11 is 0. The first kappa shape index (κ1) is 10.4. The summed E-state index contributed by atoms with van der Waals surface area (Å²) in [4.78, 5) is 15.2. The number of carbonyl (C=O) groups excluding carboxylic acids is 1. The number of rotatable bonds is 2. The van der Waals surface area contributed by atoms with Gasteiger partial charge in [-0.3, -0.25) is 9.78 Å². The fraction of sp³-hybridized carbons (Fsp3) is 0.0769. The zero-order valence-electron chi connectivity index (χ0n) is 8.84. The van der Waals surface area contributed by atoms with E-state index in [1.54, 1.807) is 24.3 Å². The summed E-state index contributed by atoms with van der Waals surface area (Å²) in [5.41, 5.74) is 2.38. The lowest BCUT2D eigenvalue weighted by atomic mass is 10.1. The molecule has 1 N–H and O–H groups in total. The molecular weight excluding hydrogens is 202 g/mol. The smallest absolute Gasteiger partial charge is 0.159 e. The lowest BCUT2D eigenvalue weighted by Crippen LogP contribution is -1.91. The highest BCUT2D eigenvalue weighted by Crippen LogP contribution is 2.19. The Bertz CT molecular complexity index is 500. The van der Waals surface area contributed by atoms with E-state index < -0.39 is 0 Å². The Morgan fingerprint density at radius 2 is 1.81 bits per heavy atom. The van der Waals surface area contributed by atoms with Gasteiger partial charge < -0.3 is 5.11 Å². The van der Waals surface area contributed by atoms with Crippen LogP contribution in [-0.2, 0) is 0 Å². The van der Waals surface area contributed by atoms with Crippen LogP contribution in [0.2, 0.25) is 0 Å². The van der Waals surface area contributed by atoms with Crippen molar-refractivity contribution in [1.82, 2.24) is 4.98 Å². The van der Waals surface area contributed by atoms with Gasteiger partial charge in [-0.15, -0.1) is 0 Å². The van der Waals surface area contributed by atoms with Crippen LogP contribution in [0.25, 0.3) is 11.3 Å². The molecule has 0 saturated carbocycles. The molecule has 16 heavy (non-hydrogen) atoms. The Morgan fingerprint density at radius 1 is 1.12 bits per heavy atom. The Balaban J connectivity index is 2.34. The van der Waals surface area contributed by atoms with Crippen molar-refractivity contribution in [2.24, 2.45) is 0 Å².